The molecule has 3 N–H and O–H groups in total. The number of nitrogens with two attached hydrogens (primary N) is 1. The van der Waals surface area contributed by atoms with E-state index in [1.54, 1.807) is 30.3 Å². The average molecular weight is 555 g/mol. The number of nitrogens with one attached hydrogen (secondary N) is 1. The summed E-state index contributed by atoms with van der Waals surface area (Å²) < 4.78 is 9.63. The molecule has 10 heteroatoms. The lowest BCUT2D eigenvalue weighted by Crippen LogP contribution is -2.13. The third-order valence-corrected chi connectivity index (χ3v) is 6.54. The van der Waals surface area contributed by atoms with Crippen molar-refractivity contribution in [3.8, 4) is 11.3 Å². The van der Waals surface area contributed by atoms with E-state index in [-0.39, 0.29) is 30.2 Å². The molecule has 3 heterocycles. The number of benzene rings is 1. The first kappa shape index (κ1) is 26.9. The zero-order chi connectivity index (χ0) is 26.2. The minimum atomic E-state index is -0.564. The van der Waals surface area contributed by atoms with Crippen LogP contribution in [-0.2, 0) is 17.8 Å². The number of nitrogens with zero attached hydrogens (tertiary/aromatic N) is 4. The summed E-state index contributed by atoms with van der Waals surface area (Å²) >= 11 is 3.22. The van der Waals surface area contributed by atoms with Crippen molar-refractivity contribution in [2.24, 2.45) is 0 Å². The summed E-state index contributed by atoms with van der Waals surface area (Å²) in [5.41, 5.74) is 10.5. The highest BCUT2D eigenvalue weighted by molar-refractivity contribution is 9.10. The number of carbonyl (C=O) groups is 2. The van der Waals surface area contributed by atoms with E-state index >= 15 is 0 Å². The van der Waals surface area contributed by atoms with Gasteiger partial charge in [0, 0.05) is 42.7 Å². The normalized spacial score (nSPS) is 10.6. The first-order chi connectivity index (χ1) is 17.3. The molecule has 0 aliphatic heterocycles. The van der Waals surface area contributed by atoms with Gasteiger partial charge in [-0.15, -0.1) is 0 Å². The molecule has 0 bridgehead atoms. The lowest BCUT2D eigenvalue weighted by molar-refractivity contribution is 0.0524. The molecule has 0 saturated heterocycles. The summed E-state index contributed by atoms with van der Waals surface area (Å²) in [6.07, 6.45) is 5.26. The van der Waals surface area contributed by atoms with Gasteiger partial charge < -0.3 is 24.6 Å². The van der Waals surface area contributed by atoms with E-state index in [1.165, 1.54) is 0 Å². The Hall–Kier alpha value is -3.66. The average Bonchev–Trinajstić information content (AvgIpc) is 3.55. The highest BCUT2D eigenvalue weighted by Gasteiger charge is 2.25. The van der Waals surface area contributed by atoms with E-state index in [4.69, 9.17) is 10.5 Å². The Labute approximate surface area is 218 Å². The van der Waals surface area contributed by atoms with E-state index in [0.29, 0.717) is 18.7 Å². The molecule has 1 aromatic carbocycles. The molecule has 190 valence electrons. The number of Topliss-reactive ketones (excluding diaryl/α,β-unsaturated/α-hetero) is 1. The number of aromatic nitrogens is 5. The van der Waals surface area contributed by atoms with Gasteiger partial charge in [-0.2, -0.15) is 0 Å². The van der Waals surface area contributed by atoms with Crippen molar-refractivity contribution in [3.63, 3.8) is 0 Å². The van der Waals surface area contributed by atoms with Crippen molar-refractivity contribution >= 4 is 33.5 Å². The fourth-order valence-corrected chi connectivity index (χ4v) is 3.93. The Bertz CT molecular complexity index is 1310. The molecular formula is C26H31BrN6O3. The molecule has 0 saturated carbocycles. The van der Waals surface area contributed by atoms with Gasteiger partial charge in [-0.1, -0.05) is 30.3 Å². The summed E-state index contributed by atoms with van der Waals surface area (Å²) in [4.78, 5) is 36.5. The molecule has 0 aliphatic carbocycles. The first-order valence-electron chi connectivity index (χ1n) is 11.7. The monoisotopic (exact) mass is 554 g/mol. The number of esters is 1. The van der Waals surface area contributed by atoms with Crippen LogP contribution in [0, 0.1) is 13.8 Å². The van der Waals surface area contributed by atoms with Crippen molar-refractivity contribution in [1.82, 2.24) is 24.1 Å². The molecular weight excluding hydrogens is 524 g/mol. The van der Waals surface area contributed by atoms with Crippen LogP contribution in [0.5, 0.6) is 0 Å². The van der Waals surface area contributed by atoms with Gasteiger partial charge in [0.2, 0.25) is 0 Å². The summed E-state index contributed by atoms with van der Waals surface area (Å²) in [6, 6.07) is 9.91. The number of carbonyl (C=O) groups excluding carboxylic acids is 2. The molecule has 0 atom stereocenters. The number of rotatable bonds is 8. The maximum atomic E-state index is 12.9. The number of hydrogen-bond acceptors (Lipinski definition) is 6. The van der Waals surface area contributed by atoms with Crippen molar-refractivity contribution in [3.05, 3.63) is 76.3 Å². The van der Waals surface area contributed by atoms with Gasteiger partial charge >= 0.3 is 5.97 Å². The van der Waals surface area contributed by atoms with Crippen molar-refractivity contribution < 1.29 is 14.3 Å². The van der Waals surface area contributed by atoms with Gasteiger partial charge in [0.25, 0.3) is 0 Å². The Morgan fingerprint density at radius 3 is 2.39 bits per heavy atom. The Morgan fingerprint density at radius 2 is 1.83 bits per heavy atom. The molecule has 0 aliphatic rings. The lowest BCUT2D eigenvalue weighted by Gasteiger charge is -2.07. The predicted molar refractivity (Wildman–Crippen MR) is 143 cm³/mol. The zero-order valence-corrected chi connectivity index (χ0v) is 22.5. The third kappa shape index (κ3) is 6.12. The second kappa shape index (κ2) is 12.3. The summed E-state index contributed by atoms with van der Waals surface area (Å²) in [5, 5.41) is 0. The minimum Gasteiger partial charge on any atom is -0.462 e. The van der Waals surface area contributed by atoms with Gasteiger partial charge in [-0.25, -0.2) is 14.8 Å². The molecule has 0 spiro atoms. The van der Waals surface area contributed by atoms with Gasteiger partial charge in [0.05, 0.1) is 30.5 Å². The van der Waals surface area contributed by atoms with Gasteiger partial charge in [0.1, 0.15) is 16.0 Å². The Balaban J connectivity index is 0.000000444. The van der Waals surface area contributed by atoms with Crippen LogP contribution in [0.3, 0.4) is 0 Å². The predicted octanol–water partition coefficient (Wildman–Crippen LogP) is 5.19. The van der Waals surface area contributed by atoms with Crippen LogP contribution in [-0.4, -0.2) is 42.4 Å². The topological polar surface area (TPSA) is 121 Å². The Morgan fingerprint density at radius 1 is 1.11 bits per heavy atom. The minimum absolute atomic E-state index is 0.152. The van der Waals surface area contributed by atoms with Crippen LogP contribution in [0.2, 0.25) is 0 Å². The fraction of sp³-hybridized carbons (Fsp3) is 0.308. The maximum absolute atomic E-state index is 12.9. The smallest absolute Gasteiger partial charge is 0.342 e. The van der Waals surface area contributed by atoms with E-state index < -0.39 is 5.97 Å². The molecule has 3 aromatic heterocycles. The van der Waals surface area contributed by atoms with Crippen molar-refractivity contribution in [2.45, 2.75) is 47.2 Å². The molecule has 4 aromatic rings. The number of halogens is 1. The zero-order valence-electron chi connectivity index (χ0n) is 20.9. The molecule has 0 unspecified atom stereocenters. The number of H-pyrrole nitrogens is 1. The van der Waals surface area contributed by atoms with Gasteiger partial charge in [-0.3, -0.25) is 4.79 Å². The van der Waals surface area contributed by atoms with Crippen LogP contribution in [0.25, 0.3) is 11.3 Å². The molecule has 9 nitrogen and oxygen atoms in total. The van der Waals surface area contributed by atoms with E-state index in [1.807, 2.05) is 55.7 Å². The number of imidazole rings is 2. The van der Waals surface area contributed by atoms with Crippen molar-refractivity contribution in [2.75, 3.05) is 12.3 Å². The van der Waals surface area contributed by atoms with Crippen LogP contribution in [0.15, 0.2) is 53.8 Å². The van der Waals surface area contributed by atoms with E-state index in [0.717, 1.165) is 27.2 Å². The van der Waals surface area contributed by atoms with Crippen LogP contribution >= 0.6 is 15.9 Å². The quantitative estimate of drug-likeness (QED) is 0.228. The molecule has 0 radical (unpaired) electrons. The van der Waals surface area contributed by atoms with E-state index in [2.05, 4.69) is 30.9 Å². The number of nitrogen functional groups attached to an aromatic ring is 1. The molecule has 36 heavy (non-hydrogen) atoms. The second-order valence-corrected chi connectivity index (χ2v) is 8.79. The molecule has 4 rings (SSSR count). The number of hydrogen-bond donors (Lipinski definition) is 2. The number of anilines is 1. The number of aromatic amines is 1. The molecule has 0 amide bonds. The fourth-order valence-electron chi connectivity index (χ4n) is 3.71. The maximum Gasteiger partial charge on any atom is 0.342 e. The van der Waals surface area contributed by atoms with Gasteiger partial charge in [-0.05, 0) is 43.6 Å². The first-order valence-corrected chi connectivity index (χ1v) is 12.5. The van der Waals surface area contributed by atoms with Crippen LogP contribution in [0.4, 0.5) is 5.82 Å². The van der Waals surface area contributed by atoms with Crippen LogP contribution in [0.1, 0.15) is 52.4 Å². The van der Waals surface area contributed by atoms with Crippen molar-refractivity contribution in [1.29, 1.82) is 0 Å². The Kier molecular flexibility index (Phi) is 9.24. The standard InChI is InChI=1S/C22H26N4O3.C4H5BrN2/c1-4-25-13-17(19(21(25)23)22(28)29-5-2)18(27)11-12-26-14-24-20(15(26)3)16-9-7-6-8-10-16;1-3-4(5)7-2-6-3/h6-10,13-14H,4-5,11-12,23H2,1-3H3;2H,1H3,(H,6,7). The van der Waals surface area contributed by atoms with Crippen LogP contribution < -0.4 is 5.73 Å². The highest BCUT2D eigenvalue weighted by atomic mass is 79.9. The number of ketones is 1. The summed E-state index contributed by atoms with van der Waals surface area (Å²) in [7, 11) is 0. The lowest BCUT2D eigenvalue weighted by atomic mass is 10.1. The molecule has 0 fully saturated rings. The highest BCUT2D eigenvalue weighted by Crippen LogP contribution is 2.24. The summed E-state index contributed by atoms with van der Waals surface area (Å²) in [5.74, 6) is -0.452. The SMILES string of the molecule is CCOC(=O)c1c(C(=O)CCn2cnc(-c3ccccc3)c2C)cn(CC)c1N.Cc1[nH]cnc1Br. The van der Waals surface area contributed by atoms with E-state index in [9.17, 15) is 9.59 Å². The second-order valence-electron chi connectivity index (χ2n) is 8.04. The number of aryl methyl sites for hydroxylation is 3. The third-order valence-electron chi connectivity index (χ3n) is 5.74. The largest absolute Gasteiger partial charge is 0.462 e. The number of ether oxygens (including phenoxy) is 1. The van der Waals surface area contributed by atoms with Gasteiger partial charge in [0.15, 0.2) is 5.78 Å². The summed E-state index contributed by atoms with van der Waals surface area (Å²) in [6.45, 7) is 8.81.